The summed E-state index contributed by atoms with van der Waals surface area (Å²) in [6, 6.07) is 12.4. The van der Waals surface area contributed by atoms with Crippen molar-refractivity contribution in [3.63, 3.8) is 0 Å². The Labute approximate surface area is 192 Å². The molecule has 170 valence electrons. The van der Waals surface area contributed by atoms with Crippen LogP contribution >= 0.6 is 0 Å². The van der Waals surface area contributed by atoms with Crippen LogP contribution in [0.15, 0.2) is 67.3 Å². The van der Waals surface area contributed by atoms with Crippen LogP contribution in [0, 0.1) is 18.7 Å². The highest BCUT2D eigenvalue weighted by atomic mass is 19.1. The molecule has 0 spiro atoms. The van der Waals surface area contributed by atoms with E-state index in [-0.39, 0.29) is 5.82 Å². The number of aliphatic hydroxyl groups excluding tert-OH is 1. The molecule has 1 fully saturated rings. The monoisotopic (exact) mass is 446 g/mol. The van der Waals surface area contributed by atoms with Gasteiger partial charge in [0.25, 0.3) is 0 Å². The van der Waals surface area contributed by atoms with E-state index in [2.05, 4.69) is 20.2 Å². The number of hydrogen-bond donors (Lipinski definition) is 1. The van der Waals surface area contributed by atoms with E-state index in [1.54, 1.807) is 35.5 Å². The third-order valence-corrected chi connectivity index (χ3v) is 6.06. The maximum Gasteiger partial charge on any atom is 0.135 e. The lowest BCUT2D eigenvalue weighted by Crippen LogP contribution is -2.34. The van der Waals surface area contributed by atoms with Crippen molar-refractivity contribution >= 4 is 0 Å². The summed E-state index contributed by atoms with van der Waals surface area (Å²) in [6.07, 6.45) is 8.63. The van der Waals surface area contributed by atoms with Crippen molar-refractivity contribution in [2.45, 2.75) is 32.5 Å². The lowest BCUT2D eigenvalue weighted by atomic mass is 10.1. The quantitative estimate of drug-likeness (QED) is 0.394. The Morgan fingerprint density at radius 2 is 1.82 bits per heavy atom. The molecule has 2 aromatic heterocycles. The number of hydrogen-bond acceptors (Lipinski definition) is 5. The van der Waals surface area contributed by atoms with Gasteiger partial charge in [-0.15, -0.1) is 0 Å². The number of benzene rings is 2. The molecule has 1 aliphatic rings. The van der Waals surface area contributed by atoms with Crippen molar-refractivity contribution in [3.05, 3.63) is 84.2 Å². The van der Waals surface area contributed by atoms with Gasteiger partial charge in [0.05, 0.1) is 30.8 Å². The largest absolute Gasteiger partial charge is 0.374 e. The number of aliphatic hydroxyl groups is 1. The number of rotatable bonds is 9. The Morgan fingerprint density at radius 1 is 1.06 bits per heavy atom. The van der Waals surface area contributed by atoms with Crippen LogP contribution < -0.4 is 0 Å². The van der Waals surface area contributed by atoms with Gasteiger partial charge < -0.3 is 5.11 Å². The number of aromatic nitrogens is 5. The van der Waals surface area contributed by atoms with Crippen molar-refractivity contribution in [2.24, 2.45) is 5.92 Å². The number of aryl methyl sites for hydroxylation is 1. The summed E-state index contributed by atoms with van der Waals surface area (Å²) in [7, 11) is 0. The van der Waals surface area contributed by atoms with Gasteiger partial charge in [-0.25, -0.2) is 4.39 Å². The first-order valence-corrected chi connectivity index (χ1v) is 11.2. The van der Waals surface area contributed by atoms with Crippen LogP contribution in [0.4, 0.5) is 4.39 Å². The Bertz CT molecular complexity index is 1200. The molecule has 1 aliphatic carbocycles. The standard InChI is InChI=1S/C25H27FN6O/c1-18-2-9-24(32-27-10-11-28-32)23(14-18)25(33)30(16-19-3-4-19)12-13-31-17-21(15-29-31)20-5-7-22(26)8-6-20/h2,5-11,14-15,17,19,25,33H,3-4,12-13,16H2,1H3. The lowest BCUT2D eigenvalue weighted by molar-refractivity contribution is -0.00438. The first-order valence-electron chi connectivity index (χ1n) is 11.2. The molecular formula is C25H27FN6O. The summed E-state index contributed by atoms with van der Waals surface area (Å²) < 4.78 is 15.1. The van der Waals surface area contributed by atoms with E-state index in [9.17, 15) is 9.50 Å². The molecule has 1 saturated carbocycles. The van der Waals surface area contributed by atoms with Crippen LogP contribution in [-0.4, -0.2) is 47.9 Å². The first kappa shape index (κ1) is 21.5. The Kier molecular flexibility index (Phi) is 6.02. The maximum absolute atomic E-state index is 13.2. The van der Waals surface area contributed by atoms with E-state index in [0.29, 0.717) is 19.0 Å². The lowest BCUT2D eigenvalue weighted by Gasteiger charge is -2.29. The average Bonchev–Trinajstić information content (AvgIpc) is 3.26. The summed E-state index contributed by atoms with van der Waals surface area (Å²) in [5, 5.41) is 24.4. The van der Waals surface area contributed by atoms with Crippen LogP contribution in [0.25, 0.3) is 16.8 Å². The Hall–Kier alpha value is -3.36. The third kappa shape index (κ3) is 5.02. The molecule has 0 radical (unpaired) electrons. The molecule has 7 nitrogen and oxygen atoms in total. The zero-order chi connectivity index (χ0) is 22.8. The third-order valence-electron chi connectivity index (χ3n) is 6.06. The van der Waals surface area contributed by atoms with Gasteiger partial charge in [-0.2, -0.15) is 20.1 Å². The second-order valence-electron chi connectivity index (χ2n) is 8.69. The minimum absolute atomic E-state index is 0.253. The van der Waals surface area contributed by atoms with Gasteiger partial charge in [-0.1, -0.05) is 23.8 Å². The van der Waals surface area contributed by atoms with Crippen molar-refractivity contribution in [1.82, 2.24) is 29.7 Å². The van der Waals surface area contributed by atoms with Crippen LogP contribution in [0.2, 0.25) is 0 Å². The fraction of sp³-hybridized carbons (Fsp3) is 0.320. The molecule has 33 heavy (non-hydrogen) atoms. The van der Waals surface area contributed by atoms with Gasteiger partial charge in [-0.05, 0) is 55.5 Å². The minimum Gasteiger partial charge on any atom is -0.374 e. The smallest absolute Gasteiger partial charge is 0.135 e. The molecule has 1 N–H and O–H groups in total. The Morgan fingerprint density at radius 3 is 2.55 bits per heavy atom. The molecular weight excluding hydrogens is 419 g/mol. The van der Waals surface area contributed by atoms with E-state index in [1.165, 1.54) is 25.0 Å². The van der Waals surface area contributed by atoms with Gasteiger partial charge in [-0.3, -0.25) is 9.58 Å². The van der Waals surface area contributed by atoms with Crippen LogP contribution in [0.1, 0.15) is 30.2 Å². The van der Waals surface area contributed by atoms with Gasteiger partial charge >= 0.3 is 0 Å². The molecule has 4 aromatic rings. The highest BCUT2D eigenvalue weighted by Crippen LogP contribution is 2.33. The van der Waals surface area contributed by atoms with Crippen molar-refractivity contribution in [2.75, 3.05) is 13.1 Å². The van der Waals surface area contributed by atoms with Crippen LogP contribution in [-0.2, 0) is 6.54 Å². The predicted molar refractivity (Wildman–Crippen MR) is 123 cm³/mol. The van der Waals surface area contributed by atoms with E-state index in [1.807, 2.05) is 36.0 Å². The molecule has 0 bridgehead atoms. The molecule has 5 rings (SSSR count). The second kappa shape index (κ2) is 9.25. The highest BCUT2D eigenvalue weighted by molar-refractivity contribution is 5.61. The van der Waals surface area contributed by atoms with Gasteiger partial charge in [0.15, 0.2) is 0 Å². The predicted octanol–water partition coefficient (Wildman–Crippen LogP) is 3.98. The summed E-state index contributed by atoms with van der Waals surface area (Å²) in [5.74, 6) is 0.361. The maximum atomic E-state index is 13.2. The van der Waals surface area contributed by atoms with E-state index in [4.69, 9.17) is 0 Å². The minimum atomic E-state index is -0.779. The van der Waals surface area contributed by atoms with Gasteiger partial charge in [0.2, 0.25) is 0 Å². The molecule has 8 heteroatoms. The number of nitrogens with zero attached hydrogens (tertiary/aromatic N) is 6. The van der Waals surface area contributed by atoms with Gasteiger partial charge in [0, 0.05) is 30.4 Å². The normalized spacial score (nSPS) is 14.7. The van der Waals surface area contributed by atoms with Crippen LogP contribution in [0.5, 0.6) is 0 Å². The van der Waals surface area contributed by atoms with Crippen LogP contribution in [0.3, 0.4) is 0 Å². The number of halogens is 1. The molecule has 1 atom stereocenters. The molecule has 1 unspecified atom stereocenters. The molecule has 0 amide bonds. The summed E-state index contributed by atoms with van der Waals surface area (Å²) >= 11 is 0. The van der Waals surface area contributed by atoms with Crippen molar-refractivity contribution < 1.29 is 9.50 Å². The highest BCUT2D eigenvalue weighted by Gasteiger charge is 2.29. The van der Waals surface area contributed by atoms with E-state index >= 15 is 0 Å². The zero-order valence-corrected chi connectivity index (χ0v) is 18.5. The molecule has 2 heterocycles. The fourth-order valence-corrected chi connectivity index (χ4v) is 4.05. The SMILES string of the molecule is Cc1ccc(-n2nccn2)c(C(O)N(CCn2cc(-c3ccc(F)cc3)cn2)CC2CC2)c1. The van der Waals surface area contributed by atoms with Crippen molar-refractivity contribution in [3.8, 4) is 16.8 Å². The topological polar surface area (TPSA) is 72.0 Å². The Balaban J connectivity index is 1.35. The molecule has 0 aliphatic heterocycles. The molecule has 2 aromatic carbocycles. The summed E-state index contributed by atoms with van der Waals surface area (Å²) in [5.41, 5.74) is 4.50. The van der Waals surface area contributed by atoms with Gasteiger partial charge in [0.1, 0.15) is 12.0 Å². The molecule has 0 saturated heterocycles. The first-order chi connectivity index (χ1) is 16.1. The van der Waals surface area contributed by atoms with E-state index in [0.717, 1.165) is 34.5 Å². The summed E-state index contributed by atoms with van der Waals surface area (Å²) in [4.78, 5) is 3.66. The summed E-state index contributed by atoms with van der Waals surface area (Å²) in [6.45, 7) is 4.11. The fourth-order valence-electron chi connectivity index (χ4n) is 4.05. The van der Waals surface area contributed by atoms with Crippen molar-refractivity contribution in [1.29, 1.82) is 0 Å². The second-order valence-corrected chi connectivity index (χ2v) is 8.69. The average molecular weight is 447 g/mol. The van der Waals surface area contributed by atoms with E-state index < -0.39 is 6.23 Å². The zero-order valence-electron chi connectivity index (χ0n) is 18.5.